The highest BCUT2D eigenvalue weighted by molar-refractivity contribution is 5.99. The number of methoxy groups -OCH3 is 2. The first-order valence-corrected chi connectivity index (χ1v) is 8.02. The van der Waals surface area contributed by atoms with Crippen molar-refractivity contribution < 1.29 is 37.0 Å². The van der Waals surface area contributed by atoms with Crippen LogP contribution in [0.15, 0.2) is 48.5 Å². The van der Waals surface area contributed by atoms with E-state index in [0.717, 1.165) is 18.2 Å². The van der Waals surface area contributed by atoms with Crippen LogP contribution in [0.1, 0.15) is 21.5 Å². The molecule has 0 bridgehead atoms. The van der Waals surface area contributed by atoms with E-state index >= 15 is 0 Å². The van der Waals surface area contributed by atoms with E-state index in [4.69, 9.17) is 14.2 Å². The Labute approximate surface area is 159 Å². The molecule has 0 atom stereocenters. The lowest BCUT2D eigenvalue weighted by molar-refractivity contribution is -0.138. The second-order valence-corrected chi connectivity index (χ2v) is 5.53. The number of rotatable bonds is 7. The Balaban J connectivity index is 2.01. The third-order valence-corrected chi connectivity index (χ3v) is 3.69. The largest absolute Gasteiger partial charge is 0.493 e. The second kappa shape index (κ2) is 9.07. The molecule has 0 spiro atoms. The van der Waals surface area contributed by atoms with Gasteiger partial charge in [0.2, 0.25) is 0 Å². The minimum Gasteiger partial charge on any atom is -0.493 e. The van der Waals surface area contributed by atoms with Crippen molar-refractivity contribution in [3.8, 4) is 11.5 Å². The number of ketones is 1. The zero-order chi connectivity index (χ0) is 20.7. The Kier molecular flexibility index (Phi) is 6.81. The first-order chi connectivity index (χ1) is 13.3. The van der Waals surface area contributed by atoms with E-state index in [1.165, 1.54) is 26.4 Å². The lowest BCUT2D eigenvalue weighted by atomic mass is 10.1. The van der Waals surface area contributed by atoms with E-state index < -0.39 is 30.1 Å². The summed E-state index contributed by atoms with van der Waals surface area (Å²) < 4.78 is 53.3. The number of halogens is 3. The van der Waals surface area contributed by atoms with Crippen molar-refractivity contribution in [2.75, 3.05) is 20.8 Å². The van der Waals surface area contributed by atoms with Gasteiger partial charge in [-0.1, -0.05) is 24.3 Å². The summed E-state index contributed by atoms with van der Waals surface area (Å²) in [5.41, 5.74) is -0.598. The van der Waals surface area contributed by atoms with E-state index in [2.05, 4.69) is 0 Å². The molecule has 28 heavy (non-hydrogen) atoms. The van der Waals surface area contributed by atoms with Gasteiger partial charge in [0.05, 0.1) is 19.8 Å². The highest BCUT2D eigenvalue weighted by Crippen LogP contribution is 2.31. The van der Waals surface area contributed by atoms with E-state index in [-0.39, 0.29) is 5.56 Å². The minimum absolute atomic E-state index is 0.193. The van der Waals surface area contributed by atoms with Gasteiger partial charge in [-0.3, -0.25) is 4.79 Å². The predicted octanol–water partition coefficient (Wildman–Crippen LogP) is 4.16. The topological polar surface area (TPSA) is 61.8 Å². The van der Waals surface area contributed by atoms with E-state index in [9.17, 15) is 22.8 Å². The Morgan fingerprint density at radius 3 is 2.39 bits per heavy atom. The molecule has 0 amide bonds. The normalized spacial score (nSPS) is 11.3. The number of alkyl halides is 3. The first-order valence-electron chi connectivity index (χ1n) is 8.02. The number of para-hydroxylation sites is 1. The molecule has 0 aliphatic rings. The molecule has 0 N–H and O–H groups in total. The third-order valence-electron chi connectivity index (χ3n) is 3.69. The maximum Gasteiger partial charge on any atom is 0.416 e. The van der Waals surface area contributed by atoms with Gasteiger partial charge in [0.1, 0.15) is 0 Å². The molecule has 8 heteroatoms. The van der Waals surface area contributed by atoms with Crippen LogP contribution in [0.5, 0.6) is 11.5 Å². The Morgan fingerprint density at radius 2 is 1.75 bits per heavy atom. The van der Waals surface area contributed by atoms with E-state index in [1.54, 1.807) is 18.2 Å². The summed E-state index contributed by atoms with van der Waals surface area (Å²) in [6.07, 6.45) is -2.07. The summed E-state index contributed by atoms with van der Waals surface area (Å²) in [6.45, 7) is -0.681. The highest BCUT2D eigenvalue weighted by atomic mass is 19.4. The molecule has 148 valence electrons. The number of benzene rings is 2. The number of carbonyl (C=O) groups excluding carboxylic acids is 2. The summed E-state index contributed by atoms with van der Waals surface area (Å²) in [5.74, 6) is -0.691. The Hall–Kier alpha value is -3.29. The van der Waals surface area contributed by atoms with Gasteiger partial charge in [0.25, 0.3) is 0 Å². The van der Waals surface area contributed by atoms with Crippen molar-refractivity contribution >= 4 is 17.8 Å². The number of hydrogen-bond donors (Lipinski definition) is 0. The molecule has 0 aliphatic carbocycles. The monoisotopic (exact) mass is 394 g/mol. The van der Waals surface area contributed by atoms with Gasteiger partial charge in [-0.05, 0) is 24.3 Å². The van der Waals surface area contributed by atoms with Gasteiger partial charge in [-0.2, -0.15) is 13.2 Å². The number of carbonyl (C=O) groups is 2. The maximum absolute atomic E-state index is 12.7. The average Bonchev–Trinajstić information content (AvgIpc) is 2.69. The van der Waals surface area contributed by atoms with Crippen LogP contribution in [0, 0.1) is 0 Å². The number of ether oxygens (including phenoxy) is 3. The SMILES string of the molecule is COc1cccc(/C=C/C(=O)OCC(=O)c2cccc(C(F)(F)F)c2)c1OC. The molecule has 0 radical (unpaired) electrons. The van der Waals surface area contributed by atoms with Crippen LogP contribution >= 0.6 is 0 Å². The van der Waals surface area contributed by atoms with Crippen LogP contribution in [0.2, 0.25) is 0 Å². The second-order valence-electron chi connectivity index (χ2n) is 5.53. The van der Waals surface area contributed by atoms with Crippen molar-refractivity contribution in [2.45, 2.75) is 6.18 Å². The van der Waals surface area contributed by atoms with Gasteiger partial charge in [0.15, 0.2) is 23.9 Å². The summed E-state index contributed by atoms with van der Waals surface area (Å²) >= 11 is 0. The Morgan fingerprint density at radius 1 is 1.04 bits per heavy atom. The van der Waals surface area contributed by atoms with Crippen LogP contribution in [0.25, 0.3) is 6.08 Å². The fraction of sp³-hybridized carbons (Fsp3) is 0.200. The summed E-state index contributed by atoms with van der Waals surface area (Å²) in [4.78, 5) is 23.8. The molecule has 2 rings (SSSR count). The molecule has 2 aromatic carbocycles. The van der Waals surface area contributed by atoms with Crippen molar-refractivity contribution in [3.05, 3.63) is 65.2 Å². The lowest BCUT2D eigenvalue weighted by Gasteiger charge is -2.09. The zero-order valence-corrected chi connectivity index (χ0v) is 15.1. The molecule has 0 aromatic heterocycles. The fourth-order valence-electron chi connectivity index (χ4n) is 2.34. The van der Waals surface area contributed by atoms with E-state index in [0.29, 0.717) is 23.1 Å². The van der Waals surface area contributed by atoms with Gasteiger partial charge in [0, 0.05) is 17.2 Å². The number of hydrogen-bond acceptors (Lipinski definition) is 5. The Bertz CT molecular complexity index is 888. The van der Waals surface area contributed by atoms with Crippen LogP contribution in [-0.2, 0) is 15.7 Å². The van der Waals surface area contributed by atoms with Crippen molar-refractivity contribution in [2.24, 2.45) is 0 Å². The summed E-state index contributed by atoms with van der Waals surface area (Å²) in [6, 6.07) is 8.97. The molecule has 0 unspecified atom stereocenters. The molecular formula is C20H17F3O5. The molecule has 0 saturated heterocycles. The minimum atomic E-state index is -4.56. The fourth-order valence-corrected chi connectivity index (χ4v) is 2.34. The summed E-state index contributed by atoms with van der Waals surface area (Å²) in [5, 5.41) is 0. The van der Waals surface area contributed by atoms with E-state index in [1.807, 2.05) is 0 Å². The molecule has 2 aromatic rings. The van der Waals surface area contributed by atoms with Crippen LogP contribution < -0.4 is 9.47 Å². The molecule has 0 heterocycles. The highest BCUT2D eigenvalue weighted by Gasteiger charge is 2.30. The van der Waals surface area contributed by atoms with Crippen molar-refractivity contribution in [1.29, 1.82) is 0 Å². The standard InChI is InChI=1S/C20H17F3O5/c1-26-17-8-4-5-13(19(17)27-2)9-10-18(25)28-12-16(24)14-6-3-7-15(11-14)20(21,22)23/h3-11H,12H2,1-2H3/b10-9+. The molecular weight excluding hydrogens is 377 g/mol. The van der Waals surface area contributed by atoms with Crippen LogP contribution in [0.4, 0.5) is 13.2 Å². The zero-order valence-electron chi connectivity index (χ0n) is 15.1. The number of Topliss-reactive ketones (excluding diaryl/α,β-unsaturated/α-hetero) is 1. The van der Waals surface area contributed by atoms with Crippen molar-refractivity contribution in [1.82, 2.24) is 0 Å². The smallest absolute Gasteiger partial charge is 0.416 e. The predicted molar refractivity (Wildman–Crippen MR) is 95.3 cm³/mol. The summed E-state index contributed by atoms with van der Waals surface area (Å²) in [7, 11) is 2.92. The molecule has 0 aliphatic heterocycles. The number of esters is 1. The van der Waals surface area contributed by atoms with Gasteiger partial charge < -0.3 is 14.2 Å². The van der Waals surface area contributed by atoms with Gasteiger partial charge in [-0.15, -0.1) is 0 Å². The molecule has 0 fully saturated rings. The molecule has 5 nitrogen and oxygen atoms in total. The van der Waals surface area contributed by atoms with Crippen LogP contribution in [0.3, 0.4) is 0 Å². The van der Waals surface area contributed by atoms with Crippen molar-refractivity contribution in [3.63, 3.8) is 0 Å². The van der Waals surface area contributed by atoms with Crippen LogP contribution in [-0.4, -0.2) is 32.6 Å². The molecule has 0 saturated carbocycles. The third kappa shape index (κ3) is 5.35. The lowest BCUT2D eigenvalue weighted by Crippen LogP contribution is -2.14. The maximum atomic E-state index is 12.7. The first kappa shape index (κ1) is 21.0. The van der Waals surface area contributed by atoms with Gasteiger partial charge in [-0.25, -0.2) is 4.79 Å². The van der Waals surface area contributed by atoms with Gasteiger partial charge >= 0.3 is 12.1 Å². The quantitative estimate of drug-likeness (QED) is 0.401. The average molecular weight is 394 g/mol.